The zero-order valence-electron chi connectivity index (χ0n) is 11.0. The maximum atomic E-state index is 11.1. The molecule has 0 aliphatic carbocycles. The van der Waals surface area contributed by atoms with Crippen LogP contribution in [0.25, 0.3) is 0 Å². The van der Waals surface area contributed by atoms with Crippen LogP contribution in [0.4, 0.5) is 0 Å². The van der Waals surface area contributed by atoms with Gasteiger partial charge >= 0.3 is 0 Å². The molecule has 0 radical (unpaired) electrons. The average Bonchev–Trinajstić information content (AvgIpc) is 2.60. The lowest BCUT2D eigenvalue weighted by atomic mass is 10.1. The summed E-state index contributed by atoms with van der Waals surface area (Å²) in [6.07, 6.45) is 4.86. The van der Waals surface area contributed by atoms with E-state index >= 15 is 0 Å². The standard InChI is InChI=1S/C11H24N2O3S/c1-11(2,13-17(3,14)15)9-12-7-6-10-5-4-8-16-10/h10,12-13H,4-9H2,1-3H3. The molecule has 2 N–H and O–H groups in total. The fourth-order valence-corrected chi connectivity index (χ4v) is 3.15. The van der Waals surface area contributed by atoms with Crippen LogP contribution >= 0.6 is 0 Å². The maximum absolute atomic E-state index is 11.1. The van der Waals surface area contributed by atoms with E-state index < -0.39 is 15.6 Å². The Balaban J connectivity index is 2.16. The van der Waals surface area contributed by atoms with Crippen molar-refractivity contribution in [3.63, 3.8) is 0 Å². The zero-order chi connectivity index (χ0) is 12.9. The van der Waals surface area contributed by atoms with Gasteiger partial charge < -0.3 is 10.1 Å². The highest BCUT2D eigenvalue weighted by Crippen LogP contribution is 2.14. The van der Waals surface area contributed by atoms with Crippen LogP contribution in [0.15, 0.2) is 0 Å². The number of hydrogen-bond donors (Lipinski definition) is 2. The van der Waals surface area contributed by atoms with Crippen molar-refractivity contribution in [1.29, 1.82) is 0 Å². The van der Waals surface area contributed by atoms with E-state index in [0.717, 1.165) is 32.4 Å². The highest BCUT2D eigenvalue weighted by Gasteiger charge is 2.22. The van der Waals surface area contributed by atoms with Crippen LogP contribution in [0.1, 0.15) is 33.1 Å². The van der Waals surface area contributed by atoms with Crippen molar-refractivity contribution in [2.24, 2.45) is 0 Å². The van der Waals surface area contributed by atoms with Crippen LogP contribution in [-0.2, 0) is 14.8 Å². The van der Waals surface area contributed by atoms with E-state index in [1.165, 1.54) is 6.26 Å². The van der Waals surface area contributed by atoms with Crippen molar-refractivity contribution in [3.05, 3.63) is 0 Å². The molecule has 0 aromatic carbocycles. The van der Waals surface area contributed by atoms with Gasteiger partial charge in [0, 0.05) is 18.7 Å². The molecule has 17 heavy (non-hydrogen) atoms. The largest absolute Gasteiger partial charge is 0.378 e. The predicted molar refractivity (Wildman–Crippen MR) is 68.5 cm³/mol. The Kier molecular flexibility index (Phi) is 5.37. The molecule has 0 bridgehead atoms. The molecule has 0 spiro atoms. The Bertz CT molecular complexity index is 322. The topological polar surface area (TPSA) is 67.4 Å². The predicted octanol–water partition coefficient (Wildman–Crippen LogP) is 0.473. The van der Waals surface area contributed by atoms with E-state index in [1.54, 1.807) is 0 Å². The van der Waals surface area contributed by atoms with Crippen molar-refractivity contribution < 1.29 is 13.2 Å². The third-order valence-electron chi connectivity index (χ3n) is 2.70. The number of nitrogens with one attached hydrogen (secondary N) is 2. The molecular formula is C11H24N2O3S. The van der Waals surface area contributed by atoms with Gasteiger partial charge in [-0.05, 0) is 39.7 Å². The van der Waals surface area contributed by atoms with Crippen LogP contribution in [0, 0.1) is 0 Å². The molecule has 6 heteroatoms. The van der Waals surface area contributed by atoms with Crippen LogP contribution in [0.5, 0.6) is 0 Å². The first-order valence-electron chi connectivity index (χ1n) is 6.10. The summed E-state index contributed by atoms with van der Waals surface area (Å²) in [7, 11) is -3.15. The minimum Gasteiger partial charge on any atom is -0.378 e. The second-order valence-electron chi connectivity index (χ2n) is 5.36. The first-order valence-corrected chi connectivity index (χ1v) is 7.99. The number of hydrogen-bond acceptors (Lipinski definition) is 4. The summed E-state index contributed by atoms with van der Waals surface area (Å²) >= 11 is 0. The third-order valence-corrected chi connectivity index (χ3v) is 3.62. The molecule has 1 aliphatic rings. The first-order chi connectivity index (χ1) is 7.79. The Morgan fingerprint density at radius 1 is 1.41 bits per heavy atom. The van der Waals surface area contributed by atoms with Gasteiger partial charge in [0.05, 0.1) is 12.4 Å². The van der Waals surface area contributed by atoms with Crippen molar-refractivity contribution >= 4 is 10.0 Å². The summed E-state index contributed by atoms with van der Waals surface area (Å²) in [4.78, 5) is 0. The minimum atomic E-state index is -3.15. The van der Waals surface area contributed by atoms with E-state index in [-0.39, 0.29) is 0 Å². The molecule has 1 rings (SSSR count). The van der Waals surface area contributed by atoms with E-state index in [4.69, 9.17) is 4.74 Å². The number of ether oxygens (including phenoxy) is 1. The molecule has 1 saturated heterocycles. The normalized spacial score (nSPS) is 21.9. The lowest BCUT2D eigenvalue weighted by Crippen LogP contribution is -2.50. The summed E-state index contributed by atoms with van der Waals surface area (Å²) in [6.45, 7) is 6.10. The summed E-state index contributed by atoms with van der Waals surface area (Å²) in [5.74, 6) is 0. The van der Waals surface area contributed by atoms with Gasteiger partial charge in [-0.2, -0.15) is 0 Å². The molecule has 1 fully saturated rings. The van der Waals surface area contributed by atoms with Crippen molar-refractivity contribution in [2.45, 2.75) is 44.8 Å². The summed E-state index contributed by atoms with van der Waals surface area (Å²) < 4.78 is 30.4. The third kappa shape index (κ3) is 6.98. The molecule has 0 aromatic heterocycles. The second-order valence-corrected chi connectivity index (χ2v) is 7.11. The highest BCUT2D eigenvalue weighted by atomic mass is 32.2. The van der Waals surface area contributed by atoms with E-state index in [9.17, 15) is 8.42 Å². The summed E-state index contributed by atoms with van der Waals surface area (Å²) in [5.41, 5.74) is -0.454. The van der Waals surface area contributed by atoms with Crippen molar-refractivity contribution in [3.8, 4) is 0 Å². The summed E-state index contributed by atoms with van der Waals surface area (Å²) in [5, 5.41) is 3.27. The smallest absolute Gasteiger partial charge is 0.209 e. The molecule has 0 aromatic rings. The fraction of sp³-hybridized carbons (Fsp3) is 1.00. The lowest BCUT2D eigenvalue weighted by molar-refractivity contribution is 0.104. The highest BCUT2D eigenvalue weighted by molar-refractivity contribution is 7.88. The Hall–Kier alpha value is -0.170. The molecule has 0 saturated carbocycles. The molecule has 1 atom stereocenters. The van der Waals surface area contributed by atoms with E-state index in [0.29, 0.717) is 12.6 Å². The van der Waals surface area contributed by atoms with Gasteiger partial charge in [-0.25, -0.2) is 13.1 Å². The molecule has 1 aliphatic heterocycles. The van der Waals surface area contributed by atoms with Crippen molar-refractivity contribution in [2.75, 3.05) is 26.0 Å². The van der Waals surface area contributed by atoms with Gasteiger partial charge in [0.25, 0.3) is 0 Å². The van der Waals surface area contributed by atoms with Gasteiger partial charge in [-0.1, -0.05) is 0 Å². The van der Waals surface area contributed by atoms with Crippen LogP contribution in [0.2, 0.25) is 0 Å². The van der Waals surface area contributed by atoms with Gasteiger partial charge in [0.15, 0.2) is 0 Å². The molecule has 5 nitrogen and oxygen atoms in total. The summed E-state index contributed by atoms with van der Waals surface area (Å²) in [6, 6.07) is 0. The van der Waals surface area contributed by atoms with Gasteiger partial charge in [0.1, 0.15) is 0 Å². The fourth-order valence-electron chi connectivity index (χ4n) is 2.07. The zero-order valence-corrected chi connectivity index (χ0v) is 11.8. The molecule has 102 valence electrons. The van der Waals surface area contributed by atoms with E-state index in [1.807, 2.05) is 13.8 Å². The van der Waals surface area contributed by atoms with Gasteiger partial charge in [-0.3, -0.25) is 0 Å². The van der Waals surface area contributed by atoms with Crippen molar-refractivity contribution in [1.82, 2.24) is 10.0 Å². The van der Waals surface area contributed by atoms with E-state index in [2.05, 4.69) is 10.0 Å². The molecular weight excluding hydrogens is 240 g/mol. The Labute approximate surface area is 104 Å². The second kappa shape index (κ2) is 6.13. The quantitative estimate of drug-likeness (QED) is 0.656. The molecule has 1 heterocycles. The molecule has 0 amide bonds. The SMILES string of the molecule is CC(C)(CNCCC1CCCO1)NS(C)(=O)=O. The monoisotopic (exact) mass is 264 g/mol. The minimum absolute atomic E-state index is 0.383. The number of sulfonamides is 1. The van der Waals surface area contributed by atoms with Gasteiger partial charge in [-0.15, -0.1) is 0 Å². The Morgan fingerprint density at radius 2 is 2.12 bits per heavy atom. The Morgan fingerprint density at radius 3 is 2.65 bits per heavy atom. The van der Waals surface area contributed by atoms with Gasteiger partial charge in [0.2, 0.25) is 10.0 Å². The van der Waals surface area contributed by atoms with Crippen LogP contribution in [0.3, 0.4) is 0 Å². The first kappa shape index (κ1) is 14.9. The van der Waals surface area contributed by atoms with Crippen LogP contribution < -0.4 is 10.0 Å². The van der Waals surface area contributed by atoms with Crippen LogP contribution in [-0.4, -0.2) is 46.0 Å². The average molecular weight is 264 g/mol. The molecule has 1 unspecified atom stereocenters. The maximum Gasteiger partial charge on any atom is 0.209 e. The lowest BCUT2D eigenvalue weighted by Gasteiger charge is -2.25. The number of rotatable bonds is 7.